The first-order valence-corrected chi connectivity index (χ1v) is 13.2. The molecule has 1 aromatic heterocycles. The number of hydrogen-bond donors (Lipinski definition) is 3. The quantitative estimate of drug-likeness (QED) is 0.313. The topological polar surface area (TPSA) is 92.7 Å². The minimum atomic E-state index is -0.750. The van der Waals surface area contributed by atoms with Gasteiger partial charge in [-0.05, 0) is 50.1 Å². The second kappa shape index (κ2) is 14.6. The summed E-state index contributed by atoms with van der Waals surface area (Å²) < 4.78 is 7.66. The first kappa shape index (κ1) is 29.3. The number of carbonyl (C=O) groups is 1. The predicted octanol–water partition coefficient (Wildman–Crippen LogP) is 3.76. The molecular formula is C28H48N4O3. The van der Waals surface area contributed by atoms with Crippen molar-refractivity contribution in [3.8, 4) is 0 Å². The van der Waals surface area contributed by atoms with E-state index in [1.807, 2.05) is 13.8 Å². The second-order valence-electron chi connectivity index (χ2n) is 10.3. The number of methoxy groups -OCH3 is 1. The molecule has 0 saturated carbocycles. The Hall–Kier alpha value is -1.93. The number of para-hydroxylation sites is 1. The summed E-state index contributed by atoms with van der Waals surface area (Å²) in [5.41, 5.74) is 8.92. The molecule has 0 bridgehead atoms. The summed E-state index contributed by atoms with van der Waals surface area (Å²) in [6.07, 6.45) is 1.62. The van der Waals surface area contributed by atoms with Crippen molar-refractivity contribution < 1.29 is 14.6 Å². The fourth-order valence-corrected chi connectivity index (χ4v) is 4.54. The standard InChI is InChI=1S/C28H48N4O3/c1-7-8-13-30-28(34)24(20(2)3)17-27(33)25(29)19-31(21(4)5)18-23-16-22-11-9-10-12-26(22)32(23)14-15-35-6/h9-12,16,20-21,24-25,27,33H,7-8,13-15,17-19,29H2,1-6H3,(H,30,34)/t24-,25-,27-/m0/s1. The average molecular weight is 489 g/mol. The van der Waals surface area contributed by atoms with E-state index in [1.54, 1.807) is 7.11 Å². The van der Waals surface area contributed by atoms with E-state index in [9.17, 15) is 9.90 Å². The van der Waals surface area contributed by atoms with Crippen molar-refractivity contribution >= 4 is 16.8 Å². The first-order valence-electron chi connectivity index (χ1n) is 13.2. The molecule has 3 atom stereocenters. The number of benzene rings is 1. The Morgan fingerprint density at radius 3 is 2.57 bits per heavy atom. The van der Waals surface area contributed by atoms with E-state index >= 15 is 0 Å². The summed E-state index contributed by atoms with van der Waals surface area (Å²) in [5, 5.41) is 15.2. The number of amides is 1. The van der Waals surface area contributed by atoms with Gasteiger partial charge >= 0.3 is 0 Å². The highest BCUT2D eigenvalue weighted by atomic mass is 16.5. The van der Waals surface area contributed by atoms with Gasteiger partial charge in [-0.1, -0.05) is 45.4 Å². The number of nitrogens with zero attached hydrogens (tertiary/aromatic N) is 2. The van der Waals surface area contributed by atoms with Crippen LogP contribution >= 0.6 is 0 Å². The van der Waals surface area contributed by atoms with E-state index in [-0.39, 0.29) is 23.8 Å². The fourth-order valence-electron chi connectivity index (χ4n) is 4.54. The number of ether oxygens (including phenoxy) is 1. The summed E-state index contributed by atoms with van der Waals surface area (Å²) in [7, 11) is 1.72. The van der Waals surface area contributed by atoms with Gasteiger partial charge in [-0.2, -0.15) is 0 Å². The molecule has 2 aromatic rings. The minimum Gasteiger partial charge on any atom is -0.391 e. The lowest BCUT2D eigenvalue weighted by molar-refractivity contribution is -0.127. The maximum absolute atomic E-state index is 12.7. The Morgan fingerprint density at radius 1 is 1.23 bits per heavy atom. The van der Waals surface area contributed by atoms with Crippen LogP contribution in [0.15, 0.2) is 30.3 Å². The van der Waals surface area contributed by atoms with Crippen LogP contribution in [0.3, 0.4) is 0 Å². The van der Waals surface area contributed by atoms with Gasteiger partial charge in [-0.3, -0.25) is 9.69 Å². The molecule has 0 aliphatic carbocycles. The summed E-state index contributed by atoms with van der Waals surface area (Å²) in [6, 6.07) is 10.4. The summed E-state index contributed by atoms with van der Waals surface area (Å²) in [6.45, 7) is 13.8. The zero-order chi connectivity index (χ0) is 26.0. The van der Waals surface area contributed by atoms with Crippen LogP contribution in [0.5, 0.6) is 0 Å². The predicted molar refractivity (Wildman–Crippen MR) is 144 cm³/mol. The molecule has 0 saturated heterocycles. The van der Waals surface area contributed by atoms with Gasteiger partial charge in [0.15, 0.2) is 0 Å². The number of aromatic nitrogens is 1. The third-order valence-corrected chi connectivity index (χ3v) is 6.92. The van der Waals surface area contributed by atoms with Crippen LogP contribution in [0.4, 0.5) is 0 Å². The Balaban J connectivity index is 2.10. The zero-order valence-electron chi connectivity index (χ0n) is 22.7. The number of unbranched alkanes of at least 4 members (excludes halogenated alkanes) is 1. The summed E-state index contributed by atoms with van der Waals surface area (Å²) in [4.78, 5) is 15.0. The monoisotopic (exact) mass is 488 g/mol. The van der Waals surface area contributed by atoms with Crippen LogP contribution in [0.1, 0.15) is 59.6 Å². The van der Waals surface area contributed by atoms with Crippen LogP contribution in [0.25, 0.3) is 10.9 Å². The molecule has 35 heavy (non-hydrogen) atoms. The van der Waals surface area contributed by atoms with Crippen LogP contribution in [-0.4, -0.2) is 65.5 Å². The molecule has 4 N–H and O–H groups in total. The van der Waals surface area contributed by atoms with Gasteiger partial charge in [-0.25, -0.2) is 0 Å². The van der Waals surface area contributed by atoms with Gasteiger partial charge in [0.1, 0.15) is 0 Å². The van der Waals surface area contributed by atoms with Crippen molar-refractivity contribution in [2.24, 2.45) is 17.6 Å². The lowest BCUT2D eigenvalue weighted by atomic mass is 9.87. The van der Waals surface area contributed by atoms with E-state index in [2.05, 4.69) is 65.9 Å². The van der Waals surface area contributed by atoms with E-state index in [4.69, 9.17) is 10.5 Å². The minimum absolute atomic E-state index is 0.0167. The third-order valence-electron chi connectivity index (χ3n) is 6.92. The van der Waals surface area contributed by atoms with Crippen molar-refractivity contribution in [1.82, 2.24) is 14.8 Å². The smallest absolute Gasteiger partial charge is 0.223 e. The normalized spacial score (nSPS) is 14.7. The molecule has 1 aromatic carbocycles. The summed E-state index contributed by atoms with van der Waals surface area (Å²) in [5.74, 6) is -0.101. The van der Waals surface area contributed by atoms with Gasteiger partial charge in [0.2, 0.25) is 5.91 Å². The number of rotatable bonds is 16. The second-order valence-corrected chi connectivity index (χ2v) is 10.3. The molecule has 7 nitrogen and oxygen atoms in total. The number of carbonyl (C=O) groups excluding carboxylic acids is 1. The van der Waals surface area contributed by atoms with Gasteiger partial charge in [0.05, 0.1) is 12.7 Å². The molecule has 1 heterocycles. The van der Waals surface area contributed by atoms with E-state index in [1.165, 1.54) is 16.6 Å². The number of fused-ring (bicyclic) bond motifs is 1. The molecule has 0 unspecified atom stereocenters. The SMILES string of the molecule is CCCCNC(=O)[C@@H](C[C@H](O)[C@@H](N)CN(Cc1cc2ccccc2n1CCOC)C(C)C)C(C)C. The number of aliphatic hydroxyl groups is 1. The molecule has 0 radical (unpaired) electrons. The Labute approximate surface area is 212 Å². The van der Waals surface area contributed by atoms with Crippen molar-refractivity contribution in [2.45, 2.75) is 85.2 Å². The first-order chi connectivity index (χ1) is 16.7. The molecule has 0 aliphatic rings. The molecule has 7 heteroatoms. The molecule has 2 rings (SSSR count). The van der Waals surface area contributed by atoms with E-state index in [0.717, 1.165) is 25.9 Å². The van der Waals surface area contributed by atoms with Crippen molar-refractivity contribution in [2.75, 3.05) is 26.8 Å². The average Bonchev–Trinajstić information content (AvgIpc) is 3.17. The van der Waals surface area contributed by atoms with E-state index < -0.39 is 12.1 Å². The Morgan fingerprint density at radius 2 is 1.94 bits per heavy atom. The molecular weight excluding hydrogens is 440 g/mol. The number of aliphatic hydroxyl groups excluding tert-OH is 1. The van der Waals surface area contributed by atoms with Gasteiger partial charge < -0.3 is 25.5 Å². The van der Waals surface area contributed by atoms with Gasteiger partial charge in [0, 0.05) is 62.5 Å². The van der Waals surface area contributed by atoms with Crippen molar-refractivity contribution in [3.05, 3.63) is 36.0 Å². The molecule has 0 aliphatic heterocycles. The van der Waals surface area contributed by atoms with Gasteiger partial charge in [-0.15, -0.1) is 0 Å². The maximum atomic E-state index is 12.7. The summed E-state index contributed by atoms with van der Waals surface area (Å²) >= 11 is 0. The Kier molecular flexibility index (Phi) is 12.2. The molecule has 198 valence electrons. The molecule has 0 spiro atoms. The number of hydrogen-bond acceptors (Lipinski definition) is 5. The highest BCUT2D eigenvalue weighted by molar-refractivity contribution is 5.81. The maximum Gasteiger partial charge on any atom is 0.223 e. The largest absolute Gasteiger partial charge is 0.391 e. The lowest BCUT2D eigenvalue weighted by Crippen LogP contribution is -2.49. The van der Waals surface area contributed by atoms with E-state index in [0.29, 0.717) is 26.1 Å². The van der Waals surface area contributed by atoms with Crippen LogP contribution < -0.4 is 11.1 Å². The highest BCUT2D eigenvalue weighted by Crippen LogP contribution is 2.23. The van der Waals surface area contributed by atoms with Crippen molar-refractivity contribution in [3.63, 3.8) is 0 Å². The molecule has 0 fully saturated rings. The van der Waals surface area contributed by atoms with Gasteiger partial charge in [0.25, 0.3) is 0 Å². The Bertz CT molecular complexity index is 895. The number of nitrogens with one attached hydrogen (secondary N) is 1. The van der Waals surface area contributed by atoms with Crippen molar-refractivity contribution in [1.29, 1.82) is 0 Å². The highest BCUT2D eigenvalue weighted by Gasteiger charge is 2.29. The fraction of sp³-hybridized carbons (Fsp3) is 0.679. The zero-order valence-corrected chi connectivity index (χ0v) is 22.7. The van der Waals surface area contributed by atoms with Crippen LogP contribution in [0, 0.1) is 11.8 Å². The third kappa shape index (κ3) is 8.60. The lowest BCUT2D eigenvalue weighted by Gasteiger charge is -2.33. The van der Waals surface area contributed by atoms with Crippen LogP contribution in [-0.2, 0) is 22.6 Å². The van der Waals surface area contributed by atoms with Crippen LogP contribution in [0.2, 0.25) is 0 Å². The number of nitrogens with two attached hydrogens (primary N) is 1. The molecule has 1 amide bonds.